The van der Waals surface area contributed by atoms with Gasteiger partial charge in [0.05, 0.1) is 12.7 Å². The second-order valence-corrected chi connectivity index (χ2v) is 7.83. The minimum atomic E-state index is -4.39. The molecular weight excluding hydrogens is 437 g/mol. The normalized spacial score (nSPS) is 16.3. The number of hydrogen-bond acceptors (Lipinski definition) is 6. The van der Waals surface area contributed by atoms with Crippen LogP contribution in [-0.2, 0) is 28.9 Å². The molecule has 1 aliphatic rings. The van der Waals surface area contributed by atoms with Gasteiger partial charge in [-0.3, -0.25) is 9.69 Å². The van der Waals surface area contributed by atoms with E-state index < -0.39 is 11.7 Å². The third-order valence-corrected chi connectivity index (χ3v) is 5.64. The Morgan fingerprint density at radius 2 is 1.85 bits per heavy atom. The molecule has 0 amide bonds. The highest BCUT2D eigenvalue weighted by atomic mass is 19.4. The molecule has 2 aromatic carbocycles. The number of ether oxygens (including phenoxy) is 2. The fourth-order valence-corrected chi connectivity index (χ4v) is 3.60. The molecule has 0 bridgehead atoms. The van der Waals surface area contributed by atoms with Crippen LogP contribution in [0.5, 0.6) is 5.75 Å². The predicted molar refractivity (Wildman–Crippen MR) is 113 cm³/mol. The van der Waals surface area contributed by atoms with Crippen molar-refractivity contribution in [2.45, 2.75) is 38.7 Å². The van der Waals surface area contributed by atoms with Gasteiger partial charge in [0.15, 0.2) is 0 Å². The summed E-state index contributed by atoms with van der Waals surface area (Å²) in [5, 5.41) is 0. The number of nitrogens with zero attached hydrogens (tertiary/aromatic N) is 2. The zero-order valence-electron chi connectivity index (χ0n) is 18.2. The Kier molecular flexibility index (Phi) is 6.42. The van der Waals surface area contributed by atoms with Crippen molar-refractivity contribution in [3.8, 4) is 17.2 Å². The van der Waals surface area contributed by atoms with E-state index in [0.29, 0.717) is 29.3 Å². The fourth-order valence-electron chi connectivity index (χ4n) is 3.60. The molecule has 0 spiro atoms. The van der Waals surface area contributed by atoms with Gasteiger partial charge in [0.25, 0.3) is 0 Å². The molecule has 1 atom stereocenters. The number of carbonyl (C=O) groups excluding carboxylic acids is 1. The first-order valence-corrected chi connectivity index (χ1v) is 10.4. The van der Waals surface area contributed by atoms with Crippen LogP contribution in [0.25, 0.3) is 11.5 Å². The van der Waals surface area contributed by atoms with E-state index in [4.69, 9.17) is 13.9 Å². The molecule has 4 rings (SSSR count). The molecule has 3 aromatic rings. The first kappa shape index (κ1) is 22.8. The third kappa shape index (κ3) is 5.19. The summed E-state index contributed by atoms with van der Waals surface area (Å²) >= 11 is 0. The fraction of sp³-hybridized carbons (Fsp3) is 0.333. The van der Waals surface area contributed by atoms with Crippen molar-refractivity contribution in [2.24, 2.45) is 0 Å². The van der Waals surface area contributed by atoms with Gasteiger partial charge in [0.2, 0.25) is 5.89 Å². The lowest BCUT2D eigenvalue weighted by atomic mass is 10.0. The Bertz CT molecular complexity index is 1110. The second-order valence-electron chi connectivity index (χ2n) is 7.83. The molecule has 0 N–H and O–H groups in total. The summed E-state index contributed by atoms with van der Waals surface area (Å²) in [5.74, 6) is 1.21. The van der Waals surface area contributed by atoms with Gasteiger partial charge in [-0.05, 0) is 55.3 Å². The molecule has 174 valence electrons. The van der Waals surface area contributed by atoms with Crippen molar-refractivity contribution in [3.63, 3.8) is 0 Å². The van der Waals surface area contributed by atoms with E-state index in [1.165, 1.54) is 19.2 Å². The molecule has 2 heterocycles. The second kappa shape index (κ2) is 9.27. The zero-order valence-corrected chi connectivity index (χ0v) is 18.2. The SMILES string of the molecule is COC(=O)[C@H]1CCN1Cc1ccc(OCc2nc(-c3ccc(C(F)(F)F)cc3)oc2C)cc1. The van der Waals surface area contributed by atoms with Crippen molar-refractivity contribution < 1.29 is 31.9 Å². The average molecular weight is 460 g/mol. The Morgan fingerprint density at radius 1 is 1.15 bits per heavy atom. The number of hydrogen-bond donors (Lipinski definition) is 0. The molecule has 0 aliphatic carbocycles. The highest BCUT2D eigenvalue weighted by Crippen LogP contribution is 2.31. The quantitative estimate of drug-likeness (QED) is 0.463. The van der Waals surface area contributed by atoms with Crippen molar-refractivity contribution in [1.82, 2.24) is 9.88 Å². The summed E-state index contributed by atoms with van der Waals surface area (Å²) in [4.78, 5) is 18.1. The Hall–Kier alpha value is -3.33. The number of rotatable bonds is 7. The Balaban J connectivity index is 1.35. The van der Waals surface area contributed by atoms with Crippen LogP contribution in [0.4, 0.5) is 13.2 Å². The molecule has 1 aromatic heterocycles. The number of carbonyl (C=O) groups is 1. The van der Waals surface area contributed by atoms with E-state index >= 15 is 0 Å². The van der Waals surface area contributed by atoms with Crippen molar-refractivity contribution >= 4 is 5.97 Å². The standard InChI is InChI=1S/C24H23F3N2O4/c1-15-20(28-22(33-15)17-5-7-18(8-6-17)24(25,26)27)14-32-19-9-3-16(4-10-19)13-29-12-11-21(29)23(30)31-2/h3-10,21H,11-14H2,1-2H3/t21-/m1/s1. The highest BCUT2D eigenvalue weighted by molar-refractivity contribution is 5.76. The van der Waals surface area contributed by atoms with Gasteiger partial charge in [0.1, 0.15) is 29.9 Å². The lowest BCUT2D eigenvalue weighted by Crippen LogP contribution is -2.52. The smallest absolute Gasteiger partial charge is 0.416 e. The number of halogens is 3. The topological polar surface area (TPSA) is 64.8 Å². The van der Waals surface area contributed by atoms with Crippen LogP contribution in [0.3, 0.4) is 0 Å². The van der Waals surface area contributed by atoms with E-state index in [9.17, 15) is 18.0 Å². The van der Waals surface area contributed by atoms with Gasteiger partial charge in [0, 0.05) is 18.7 Å². The largest absolute Gasteiger partial charge is 0.487 e. The number of esters is 1. The van der Waals surface area contributed by atoms with Crippen molar-refractivity contribution in [1.29, 1.82) is 0 Å². The number of alkyl halides is 3. The monoisotopic (exact) mass is 460 g/mol. The number of methoxy groups -OCH3 is 1. The summed E-state index contributed by atoms with van der Waals surface area (Å²) in [6, 6.07) is 12.0. The number of likely N-dealkylation sites (tertiary alicyclic amines) is 1. The number of oxazole rings is 1. The third-order valence-electron chi connectivity index (χ3n) is 5.64. The number of aryl methyl sites for hydroxylation is 1. The van der Waals surface area contributed by atoms with Crippen molar-refractivity contribution in [2.75, 3.05) is 13.7 Å². The number of aromatic nitrogens is 1. The molecule has 33 heavy (non-hydrogen) atoms. The van der Waals surface area contributed by atoms with Gasteiger partial charge in [-0.15, -0.1) is 0 Å². The van der Waals surface area contributed by atoms with Gasteiger partial charge in [-0.1, -0.05) is 12.1 Å². The van der Waals surface area contributed by atoms with E-state index in [0.717, 1.165) is 30.7 Å². The Labute approximate surface area is 188 Å². The highest BCUT2D eigenvalue weighted by Gasteiger charge is 2.34. The van der Waals surface area contributed by atoms with Crippen molar-refractivity contribution in [3.05, 3.63) is 71.1 Å². The van der Waals surface area contributed by atoms with Gasteiger partial charge < -0.3 is 13.9 Å². The van der Waals surface area contributed by atoms with Crippen LogP contribution < -0.4 is 4.74 Å². The maximum Gasteiger partial charge on any atom is 0.416 e. The van der Waals surface area contributed by atoms with E-state index in [1.807, 2.05) is 24.3 Å². The molecule has 6 nitrogen and oxygen atoms in total. The molecule has 0 radical (unpaired) electrons. The van der Waals surface area contributed by atoms with Crippen LogP contribution in [0.2, 0.25) is 0 Å². The lowest BCUT2D eigenvalue weighted by molar-refractivity contribution is -0.152. The maximum atomic E-state index is 12.7. The van der Waals surface area contributed by atoms with E-state index in [2.05, 4.69) is 9.88 Å². The first-order chi connectivity index (χ1) is 15.7. The zero-order chi connectivity index (χ0) is 23.6. The summed E-state index contributed by atoms with van der Waals surface area (Å²) in [7, 11) is 1.40. The lowest BCUT2D eigenvalue weighted by Gasteiger charge is -2.38. The molecule has 1 aliphatic heterocycles. The summed E-state index contributed by atoms with van der Waals surface area (Å²) in [6.45, 7) is 3.39. The van der Waals surface area contributed by atoms with E-state index in [-0.39, 0.29) is 24.5 Å². The molecule has 0 saturated carbocycles. The minimum absolute atomic E-state index is 0.159. The first-order valence-electron chi connectivity index (χ1n) is 10.4. The summed E-state index contributed by atoms with van der Waals surface area (Å²) in [5.41, 5.74) is 1.35. The maximum absolute atomic E-state index is 12.7. The summed E-state index contributed by atoms with van der Waals surface area (Å²) in [6.07, 6.45) is -3.59. The van der Waals surface area contributed by atoms with E-state index in [1.54, 1.807) is 6.92 Å². The average Bonchev–Trinajstić information content (AvgIpc) is 3.16. The van der Waals surface area contributed by atoms with Gasteiger partial charge in [-0.2, -0.15) is 13.2 Å². The van der Waals surface area contributed by atoms with Gasteiger partial charge >= 0.3 is 12.1 Å². The Morgan fingerprint density at radius 3 is 2.42 bits per heavy atom. The predicted octanol–water partition coefficient (Wildman–Crippen LogP) is 5.00. The minimum Gasteiger partial charge on any atom is -0.487 e. The van der Waals surface area contributed by atoms with Crippen LogP contribution in [0.15, 0.2) is 52.9 Å². The van der Waals surface area contributed by atoms with Crippen LogP contribution in [0, 0.1) is 6.92 Å². The van der Waals surface area contributed by atoms with Crippen LogP contribution >= 0.6 is 0 Å². The molecule has 1 saturated heterocycles. The molecule has 1 fully saturated rings. The van der Waals surface area contributed by atoms with Gasteiger partial charge in [-0.25, -0.2) is 4.98 Å². The van der Waals surface area contributed by atoms with Crippen LogP contribution in [0.1, 0.15) is 29.0 Å². The van der Waals surface area contributed by atoms with Crippen LogP contribution in [-0.4, -0.2) is 35.5 Å². The molecule has 9 heteroatoms. The molecular formula is C24H23F3N2O4. The number of benzene rings is 2. The summed E-state index contributed by atoms with van der Waals surface area (Å²) < 4.78 is 54.5. The molecule has 0 unspecified atom stereocenters.